The molecule has 1 atom stereocenters. The number of nitrogens with two attached hydrogens (primary N) is 3. The highest BCUT2D eigenvalue weighted by Crippen LogP contribution is 2.48. The van der Waals surface area contributed by atoms with Gasteiger partial charge in [0.1, 0.15) is 5.60 Å². The number of benzene rings is 2. The molecule has 0 amide bonds. The molecule has 7 heteroatoms. The van der Waals surface area contributed by atoms with Crippen LogP contribution in [0.5, 0.6) is 0 Å². The van der Waals surface area contributed by atoms with Gasteiger partial charge in [0.25, 0.3) is 0 Å². The molecule has 142 valence electrons. The van der Waals surface area contributed by atoms with Crippen LogP contribution in [0.3, 0.4) is 0 Å². The molecule has 7 N–H and O–H groups in total. The molecule has 0 heterocycles. The Labute approximate surface area is 163 Å². The molecule has 1 saturated carbocycles. The van der Waals surface area contributed by atoms with Gasteiger partial charge in [-0.1, -0.05) is 54.8 Å². The lowest BCUT2D eigenvalue weighted by molar-refractivity contribution is 0.0194. The molecule has 0 spiro atoms. The van der Waals surface area contributed by atoms with Crippen LogP contribution in [0.25, 0.3) is 0 Å². The highest BCUT2D eigenvalue weighted by molar-refractivity contribution is 6.30. The van der Waals surface area contributed by atoms with Crippen LogP contribution in [0, 0.1) is 5.92 Å². The Morgan fingerprint density at radius 2 is 1.70 bits per heavy atom. The summed E-state index contributed by atoms with van der Waals surface area (Å²) in [6.45, 7) is 0. The molecule has 6 nitrogen and oxygen atoms in total. The van der Waals surface area contributed by atoms with Crippen molar-refractivity contribution in [1.82, 2.24) is 0 Å². The SMILES string of the molecule is NC(N)=NC(N)=Nc1ccc(Cl)cc1C(O)(c1ccccc1)C1CCCC1. The number of nitrogens with zero attached hydrogens (tertiary/aromatic N) is 2. The minimum Gasteiger partial charge on any atom is -0.380 e. The van der Waals surface area contributed by atoms with E-state index in [-0.39, 0.29) is 17.8 Å². The van der Waals surface area contributed by atoms with Crippen molar-refractivity contribution >= 4 is 29.2 Å². The van der Waals surface area contributed by atoms with Crippen LogP contribution in [0.15, 0.2) is 58.5 Å². The molecule has 1 fully saturated rings. The summed E-state index contributed by atoms with van der Waals surface area (Å²) in [6.07, 6.45) is 4.00. The third kappa shape index (κ3) is 4.07. The Kier molecular flexibility index (Phi) is 5.68. The lowest BCUT2D eigenvalue weighted by atomic mass is 9.74. The van der Waals surface area contributed by atoms with Crippen molar-refractivity contribution in [2.24, 2.45) is 33.1 Å². The fraction of sp³-hybridized carbons (Fsp3) is 0.300. The Morgan fingerprint density at radius 1 is 1.04 bits per heavy atom. The van der Waals surface area contributed by atoms with E-state index in [4.69, 9.17) is 28.8 Å². The third-order valence-corrected chi connectivity index (χ3v) is 5.24. The molecule has 27 heavy (non-hydrogen) atoms. The van der Waals surface area contributed by atoms with E-state index in [2.05, 4.69) is 9.98 Å². The first-order chi connectivity index (χ1) is 12.9. The van der Waals surface area contributed by atoms with Crippen molar-refractivity contribution in [2.75, 3.05) is 0 Å². The molecule has 1 aliphatic carbocycles. The first-order valence-corrected chi connectivity index (χ1v) is 9.30. The van der Waals surface area contributed by atoms with Crippen LogP contribution in [0.4, 0.5) is 5.69 Å². The lowest BCUT2D eigenvalue weighted by Gasteiger charge is -2.36. The van der Waals surface area contributed by atoms with E-state index in [1.54, 1.807) is 18.2 Å². The molecule has 1 aliphatic rings. The number of halogens is 1. The Bertz CT molecular complexity index is 858. The van der Waals surface area contributed by atoms with Gasteiger partial charge in [-0.15, -0.1) is 0 Å². The van der Waals surface area contributed by atoms with Crippen molar-refractivity contribution in [1.29, 1.82) is 0 Å². The van der Waals surface area contributed by atoms with Crippen LogP contribution in [-0.4, -0.2) is 17.0 Å². The predicted molar refractivity (Wildman–Crippen MR) is 110 cm³/mol. The van der Waals surface area contributed by atoms with Gasteiger partial charge < -0.3 is 22.3 Å². The number of aliphatic imine (C=N–C) groups is 2. The number of rotatable bonds is 4. The zero-order chi connectivity index (χ0) is 19.4. The van der Waals surface area contributed by atoms with Crippen LogP contribution in [0.2, 0.25) is 5.02 Å². The maximum atomic E-state index is 12.0. The lowest BCUT2D eigenvalue weighted by Crippen LogP contribution is -2.35. The second-order valence-corrected chi connectivity index (χ2v) is 7.22. The van der Waals surface area contributed by atoms with Gasteiger partial charge in [0.2, 0.25) is 5.96 Å². The summed E-state index contributed by atoms with van der Waals surface area (Å²) in [7, 11) is 0. The average molecular weight is 386 g/mol. The van der Waals surface area contributed by atoms with Crippen molar-refractivity contribution in [3.63, 3.8) is 0 Å². The standard InChI is InChI=1S/C20H24ClN5O/c21-15-10-11-17(25-19(24)26-18(22)23)16(12-15)20(27,14-8-4-5-9-14)13-6-2-1-3-7-13/h1-3,6-7,10-12,14,27H,4-5,8-9H2,(H6,22,23,24,25,26). The fourth-order valence-corrected chi connectivity index (χ4v) is 4.01. The number of aliphatic hydroxyl groups is 1. The largest absolute Gasteiger partial charge is 0.380 e. The van der Waals surface area contributed by atoms with Crippen molar-refractivity contribution in [2.45, 2.75) is 31.3 Å². The van der Waals surface area contributed by atoms with Gasteiger partial charge in [-0.2, -0.15) is 4.99 Å². The van der Waals surface area contributed by atoms with Crippen molar-refractivity contribution < 1.29 is 5.11 Å². The van der Waals surface area contributed by atoms with Gasteiger partial charge in [0, 0.05) is 10.6 Å². The monoisotopic (exact) mass is 385 g/mol. The summed E-state index contributed by atoms with van der Waals surface area (Å²) in [5.74, 6) is -0.210. The minimum absolute atomic E-state index is 0.0524. The summed E-state index contributed by atoms with van der Waals surface area (Å²) in [6, 6.07) is 14.8. The number of hydrogen-bond acceptors (Lipinski definition) is 2. The highest BCUT2D eigenvalue weighted by atomic mass is 35.5. The highest BCUT2D eigenvalue weighted by Gasteiger charge is 2.43. The summed E-state index contributed by atoms with van der Waals surface area (Å²) in [5, 5.41) is 12.5. The smallest absolute Gasteiger partial charge is 0.223 e. The van der Waals surface area contributed by atoms with Gasteiger partial charge in [-0.05, 0) is 42.5 Å². The molecule has 0 saturated heterocycles. The first-order valence-electron chi connectivity index (χ1n) is 8.93. The molecule has 1 unspecified atom stereocenters. The van der Waals surface area contributed by atoms with E-state index in [0.29, 0.717) is 16.3 Å². The van der Waals surface area contributed by atoms with Gasteiger partial charge in [0.15, 0.2) is 5.96 Å². The molecular weight excluding hydrogens is 362 g/mol. The molecule has 0 bridgehead atoms. The van der Waals surface area contributed by atoms with E-state index >= 15 is 0 Å². The zero-order valence-corrected chi connectivity index (χ0v) is 15.7. The Morgan fingerprint density at radius 3 is 2.33 bits per heavy atom. The second kappa shape index (κ2) is 7.98. The molecule has 0 aromatic heterocycles. The van der Waals surface area contributed by atoms with Gasteiger partial charge in [-0.3, -0.25) is 0 Å². The van der Waals surface area contributed by atoms with Crippen molar-refractivity contribution in [3.05, 3.63) is 64.7 Å². The maximum Gasteiger partial charge on any atom is 0.223 e. The van der Waals surface area contributed by atoms with E-state index in [9.17, 15) is 5.11 Å². The van der Waals surface area contributed by atoms with E-state index in [1.807, 2.05) is 30.3 Å². The minimum atomic E-state index is -1.24. The summed E-state index contributed by atoms with van der Waals surface area (Å²) in [4.78, 5) is 8.11. The normalized spacial score (nSPS) is 17.5. The third-order valence-electron chi connectivity index (χ3n) is 5.01. The van der Waals surface area contributed by atoms with Gasteiger partial charge >= 0.3 is 0 Å². The Balaban J connectivity index is 2.21. The molecular formula is C20H24ClN5O. The topological polar surface area (TPSA) is 123 Å². The zero-order valence-electron chi connectivity index (χ0n) is 15.0. The first kappa shape index (κ1) is 19.2. The average Bonchev–Trinajstić information content (AvgIpc) is 3.18. The van der Waals surface area contributed by atoms with Crippen LogP contribution in [0.1, 0.15) is 36.8 Å². The van der Waals surface area contributed by atoms with Crippen LogP contribution < -0.4 is 17.2 Å². The van der Waals surface area contributed by atoms with Gasteiger partial charge in [-0.25, -0.2) is 4.99 Å². The van der Waals surface area contributed by atoms with Crippen molar-refractivity contribution in [3.8, 4) is 0 Å². The summed E-state index contributed by atoms with van der Waals surface area (Å²) < 4.78 is 0. The maximum absolute atomic E-state index is 12.0. The molecule has 2 aromatic rings. The van der Waals surface area contributed by atoms with Gasteiger partial charge in [0.05, 0.1) is 5.69 Å². The Hall–Kier alpha value is -2.57. The van der Waals surface area contributed by atoms with E-state index in [0.717, 1.165) is 31.2 Å². The van der Waals surface area contributed by atoms with Crippen LogP contribution >= 0.6 is 11.6 Å². The molecule has 2 aromatic carbocycles. The number of guanidine groups is 2. The number of hydrogen-bond donors (Lipinski definition) is 4. The van der Waals surface area contributed by atoms with Crippen LogP contribution in [-0.2, 0) is 5.60 Å². The quantitative estimate of drug-likeness (QED) is 0.477. The van der Waals surface area contributed by atoms with E-state index in [1.165, 1.54) is 0 Å². The fourth-order valence-electron chi connectivity index (χ4n) is 3.84. The summed E-state index contributed by atoms with van der Waals surface area (Å²) in [5.41, 5.74) is 17.3. The molecule has 3 rings (SSSR count). The summed E-state index contributed by atoms with van der Waals surface area (Å²) >= 11 is 6.28. The predicted octanol–water partition coefficient (Wildman–Crippen LogP) is 2.99. The van der Waals surface area contributed by atoms with E-state index < -0.39 is 5.60 Å². The molecule has 0 aliphatic heterocycles. The second-order valence-electron chi connectivity index (χ2n) is 6.78. The molecule has 0 radical (unpaired) electrons.